The molecule has 1 heterocycles. The first-order chi connectivity index (χ1) is 3.79. The van der Waals surface area contributed by atoms with Gasteiger partial charge in [0.25, 0.3) is 0 Å². The van der Waals surface area contributed by atoms with E-state index in [0.29, 0.717) is 8.10 Å². The summed E-state index contributed by atoms with van der Waals surface area (Å²) >= 11 is 4.66. The van der Waals surface area contributed by atoms with Gasteiger partial charge in [-0.2, -0.15) is 0 Å². The highest BCUT2D eigenvalue weighted by molar-refractivity contribution is 14.1. The zero-order chi connectivity index (χ0) is 5.98. The van der Waals surface area contributed by atoms with Crippen molar-refractivity contribution in [1.82, 2.24) is 5.32 Å². The minimum atomic E-state index is 0.503. The van der Waals surface area contributed by atoms with E-state index in [1.54, 1.807) is 0 Å². The number of hydrogen-bond acceptors (Lipinski definition) is 2. The highest BCUT2D eigenvalue weighted by Gasteiger charge is 2.15. The number of nitrogens with one attached hydrogen (secondary N) is 1. The number of hydrogen-bond donors (Lipinski definition) is 1. The monoisotopic (exact) mass is 339 g/mol. The Bertz CT molecular complexity index is 72.4. The van der Waals surface area contributed by atoms with Gasteiger partial charge in [-0.1, -0.05) is 45.2 Å². The Morgan fingerprint density at radius 1 is 1.25 bits per heavy atom. The van der Waals surface area contributed by atoms with Gasteiger partial charge in [-0.3, -0.25) is 5.32 Å². The van der Waals surface area contributed by atoms with Crippen LogP contribution in [0.2, 0.25) is 0 Å². The summed E-state index contributed by atoms with van der Waals surface area (Å²) in [6.07, 6.45) is 0. The molecule has 0 saturated carbocycles. The van der Waals surface area contributed by atoms with Gasteiger partial charge in [-0.15, -0.1) is 0 Å². The average molecular weight is 339 g/mol. The molecule has 2 unspecified atom stereocenters. The fourth-order valence-electron chi connectivity index (χ4n) is 0.567. The van der Waals surface area contributed by atoms with Gasteiger partial charge < -0.3 is 4.74 Å². The largest absolute Gasteiger partial charge is 0.377 e. The highest BCUT2D eigenvalue weighted by atomic mass is 127. The van der Waals surface area contributed by atoms with Crippen LogP contribution in [0.25, 0.3) is 0 Å². The molecule has 1 aliphatic rings. The third-order valence-corrected chi connectivity index (χ3v) is 2.33. The predicted molar refractivity (Wildman–Crippen MR) is 49.6 cm³/mol. The van der Waals surface area contributed by atoms with Crippen molar-refractivity contribution in [3.8, 4) is 0 Å². The molecule has 0 radical (unpaired) electrons. The summed E-state index contributed by atoms with van der Waals surface area (Å²) in [6.45, 7) is 1.69. The topological polar surface area (TPSA) is 21.3 Å². The van der Waals surface area contributed by atoms with E-state index < -0.39 is 0 Å². The van der Waals surface area contributed by atoms with Crippen LogP contribution >= 0.6 is 45.2 Å². The molecule has 1 rings (SSSR count). The van der Waals surface area contributed by atoms with Gasteiger partial charge in [0, 0.05) is 0 Å². The van der Waals surface area contributed by atoms with Crippen LogP contribution in [0.5, 0.6) is 0 Å². The quantitative estimate of drug-likeness (QED) is 0.406. The second-order valence-corrected chi connectivity index (χ2v) is 4.65. The molecule has 0 aromatic heterocycles. The van der Waals surface area contributed by atoms with Gasteiger partial charge in [0.1, 0.15) is 0 Å². The Morgan fingerprint density at radius 3 is 2.00 bits per heavy atom. The van der Waals surface area contributed by atoms with E-state index in [9.17, 15) is 0 Å². The molecule has 0 aliphatic carbocycles. The fraction of sp³-hybridized carbons (Fsp3) is 1.00. The first kappa shape index (κ1) is 7.49. The van der Waals surface area contributed by atoms with Crippen molar-refractivity contribution in [1.29, 1.82) is 0 Å². The van der Waals surface area contributed by atoms with Crippen LogP contribution in [0.1, 0.15) is 0 Å². The molecule has 48 valence electrons. The molecule has 4 heteroatoms. The summed E-state index contributed by atoms with van der Waals surface area (Å²) in [4.78, 5) is 0. The van der Waals surface area contributed by atoms with E-state index in [0.717, 1.165) is 13.2 Å². The van der Waals surface area contributed by atoms with Crippen molar-refractivity contribution >= 4 is 45.2 Å². The summed E-state index contributed by atoms with van der Waals surface area (Å²) in [5.74, 6) is 0. The van der Waals surface area contributed by atoms with Gasteiger partial charge >= 0.3 is 0 Å². The number of rotatable bonds is 0. The average Bonchev–Trinajstić information content (AvgIpc) is 1.64. The van der Waals surface area contributed by atoms with Crippen molar-refractivity contribution in [3.63, 3.8) is 0 Å². The van der Waals surface area contributed by atoms with Crippen LogP contribution < -0.4 is 5.32 Å². The zero-order valence-electron chi connectivity index (χ0n) is 4.23. The molecular formula is C4H7I2NO. The summed E-state index contributed by atoms with van der Waals surface area (Å²) in [6, 6.07) is 0. The second kappa shape index (κ2) is 3.52. The molecule has 1 saturated heterocycles. The lowest BCUT2D eigenvalue weighted by Crippen LogP contribution is -2.41. The van der Waals surface area contributed by atoms with Crippen molar-refractivity contribution < 1.29 is 4.74 Å². The predicted octanol–water partition coefficient (Wildman–Crippen LogP) is 1.13. The van der Waals surface area contributed by atoms with E-state index in [1.807, 2.05) is 0 Å². The maximum absolute atomic E-state index is 5.22. The van der Waals surface area contributed by atoms with Crippen LogP contribution in [0.3, 0.4) is 0 Å². The van der Waals surface area contributed by atoms with Crippen molar-refractivity contribution in [2.24, 2.45) is 0 Å². The second-order valence-electron chi connectivity index (χ2n) is 1.64. The molecular weight excluding hydrogens is 332 g/mol. The first-order valence-corrected chi connectivity index (χ1v) is 4.90. The third-order valence-electron chi connectivity index (χ3n) is 0.890. The van der Waals surface area contributed by atoms with E-state index in [2.05, 4.69) is 50.5 Å². The smallest absolute Gasteiger partial charge is 0.0839 e. The van der Waals surface area contributed by atoms with Gasteiger partial charge in [0.15, 0.2) is 0 Å². The molecule has 0 aromatic rings. The van der Waals surface area contributed by atoms with Gasteiger partial charge in [-0.25, -0.2) is 0 Å². The third kappa shape index (κ3) is 2.32. The minimum absolute atomic E-state index is 0.503. The lowest BCUT2D eigenvalue weighted by Gasteiger charge is -2.23. The summed E-state index contributed by atoms with van der Waals surface area (Å²) in [7, 11) is 0. The fourth-order valence-corrected chi connectivity index (χ4v) is 2.63. The number of morpholine rings is 1. The van der Waals surface area contributed by atoms with Crippen molar-refractivity contribution in [2.75, 3.05) is 13.2 Å². The lowest BCUT2D eigenvalue weighted by atomic mass is 10.5. The molecule has 0 amide bonds. The molecule has 2 atom stereocenters. The number of alkyl halides is 2. The lowest BCUT2D eigenvalue weighted by molar-refractivity contribution is 0.0995. The Morgan fingerprint density at radius 2 is 1.75 bits per heavy atom. The minimum Gasteiger partial charge on any atom is -0.377 e. The molecule has 8 heavy (non-hydrogen) atoms. The van der Waals surface area contributed by atoms with Crippen LogP contribution in [-0.2, 0) is 4.74 Å². The van der Waals surface area contributed by atoms with E-state index in [1.165, 1.54) is 0 Å². The molecule has 0 aromatic carbocycles. The molecule has 1 N–H and O–H groups in total. The summed E-state index contributed by atoms with van der Waals surface area (Å²) in [5, 5.41) is 3.33. The van der Waals surface area contributed by atoms with Crippen LogP contribution in [0.4, 0.5) is 0 Å². The van der Waals surface area contributed by atoms with Crippen molar-refractivity contribution in [2.45, 2.75) is 8.10 Å². The summed E-state index contributed by atoms with van der Waals surface area (Å²) in [5.41, 5.74) is 0. The first-order valence-electron chi connectivity index (χ1n) is 2.41. The van der Waals surface area contributed by atoms with E-state index in [-0.39, 0.29) is 0 Å². The summed E-state index contributed by atoms with van der Waals surface area (Å²) < 4.78 is 6.22. The van der Waals surface area contributed by atoms with Crippen LogP contribution in [0.15, 0.2) is 0 Å². The molecule has 2 nitrogen and oxygen atoms in total. The Kier molecular flexibility index (Phi) is 3.30. The van der Waals surface area contributed by atoms with Crippen LogP contribution in [0, 0.1) is 0 Å². The Hall–Kier alpha value is 1.38. The SMILES string of the molecule is IC1COCC(I)N1. The molecule has 0 spiro atoms. The normalized spacial score (nSPS) is 39.8. The maximum Gasteiger partial charge on any atom is 0.0839 e. The van der Waals surface area contributed by atoms with Gasteiger partial charge in [0.2, 0.25) is 0 Å². The molecule has 0 bridgehead atoms. The Labute approximate surface area is 76.0 Å². The highest BCUT2D eigenvalue weighted by Crippen LogP contribution is 2.09. The van der Waals surface area contributed by atoms with E-state index >= 15 is 0 Å². The van der Waals surface area contributed by atoms with Gasteiger partial charge in [-0.05, 0) is 0 Å². The molecule has 1 aliphatic heterocycles. The molecule has 1 fully saturated rings. The number of ether oxygens (including phenoxy) is 1. The van der Waals surface area contributed by atoms with Crippen LogP contribution in [-0.4, -0.2) is 21.3 Å². The number of halogens is 2. The van der Waals surface area contributed by atoms with E-state index in [4.69, 9.17) is 4.74 Å². The van der Waals surface area contributed by atoms with Crippen molar-refractivity contribution in [3.05, 3.63) is 0 Å². The maximum atomic E-state index is 5.22. The zero-order valence-corrected chi connectivity index (χ0v) is 8.55. The standard InChI is InChI=1S/C4H7I2NO/c5-3-1-8-2-4(6)7-3/h3-4,7H,1-2H2. The van der Waals surface area contributed by atoms with Gasteiger partial charge in [0.05, 0.1) is 21.3 Å². The Balaban J connectivity index is 2.23.